The Morgan fingerprint density at radius 1 is 1.64 bits per heavy atom. The standard InChI is InChI=1S/C10H15N3O/c1-7-8(4-3-5-13-7)10(2,12)6-9(11)14/h3-5H,6,12H2,1-2H3,(H2,11,14). The van der Waals surface area contributed by atoms with Crippen LogP contribution in [0, 0.1) is 6.92 Å². The summed E-state index contributed by atoms with van der Waals surface area (Å²) in [5, 5.41) is 0. The molecule has 1 amide bonds. The highest BCUT2D eigenvalue weighted by Crippen LogP contribution is 2.22. The largest absolute Gasteiger partial charge is 0.370 e. The van der Waals surface area contributed by atoms with E-state index < -0.39 is 11.4 Å². The van der Waals surface area contributed by atoms with Gasteiger partial charge < -0.3 is 11.5 Å². The number of nitrogens with zero attached hydrogens (tertiary/aromatic N) is 1. The van der Waals surface area contributed by atoms with Gasteiger partial charge in [0.1, 0.15) is 0 Å². The summed E-state index contributed by atoms with van der Waals surface area (Å²) in [6, 6.07) is 3.67. The van der Waals surface area contributed by atoms with Crippen LogP contribution in [0.4, 0.5) is 0 Å². The van der Waals surface area contributed by atoms with Crippen molar-refractivity contribution in [3.8, 4) is 0 Å². The fourth-order valence-corrected chi connectivity index (χ4v) is 1.55. The van der Waals surface area contributed by atoms with Gasteiger partial charge in [-0.25, -0.2) is 0 Å². The van der Waals surface area contributed by atoms with Gasteiger partial charge in [-0.05, 0) is 25.5 Å². The van der Waals surface area contributed by atoms with Crippen molar-refractivity contribution in [2.75, 3.05) is 0 Å². The predicted octanol–water partition coefficient (Wildman–Crippen LogP) is 0.439. The molecule has 4 heteroatoms. The van der Waals surface area contributed by atoms with Crippen LogP contribution in [-0.4, -0.2) is 10.9 Å². The molecule has 0 saturated heterocycles. The monoisotopic (exact) mass is 193 g/mol. The number of nitrogens with two attached hydrogens (primary N) is 2. The minimum Gasteiger partial charge on any atom is -0.370 e. The molecule has 1 rings (SSSR count). The zero-order valence-corrected chi connectivity index (χ0v) is 8.45. The van der Waals surface area contributed by atoms with Crippen LogP contribution < -0.4 is 11.5 Å². The number of rotatable bonds is 3. The van der Waals surface area contributed by atoms with Crippen LogP contribution in [0.1, 0.15) is 24.6 Å². The molecular formula is C10H15N3O. The van der Waals surface area contributed by atoms with Gasteiger partial charge in [0.25, 0.3) is 0 Å². The first-order chi connectivity index (χ1) is 6.43. The van der Waals surface area contributed by atoms with E-state index >= 15 is 0 Å². The molecule has 0 spiro atoms. The Hall–Kier alpha value is -1.42. The molecule has 76 valence electrons. The number of pyridine rings is 1. The quantitative estimate of drug-likeness (QED) is 0.730. The van der Waals surface area contributed by atoms with Crippen LogP contribution in [0.2, 0.25) is 0 Å². The van der Waals surface area contributed by atoms with Gasteiger partial charge >= 0.3 is 0 Å². The number of carbonyl (C=O) groups is 1. The van der Waals surface area contributed by atoms with Crippen LogP contribution in [0.3, 0.4) is 0 Å². The normalized spacial score (nSPS) is 14.8. The molecule has 4 nitrogen and oxygen atoms in total. The molecule has 0 bridgehead atoms. The van der Waals surface area contributed by atoms with Crippen LogP contribution in [-0.2, 0) is 10.3 Å². The number of aryl methyl sites for hydroxylation is 1. The lowest BCUT2D eigenvalue weighted by Crippen LogP contribution is -2.38. The summed E-state index contributed by atoms with van der Waals surface area (Å²) in [7, 11) is 0. The first-order valence-electron chi connectivity index (χ1n) is 4.43. The maximum absolute atomic E-state index is 10.8. The highest BCUT2D eigenvalue weighted by molar-refractivity contribution is 5.75. The molecule has 0 aliphatic carbocycles. The summed E-state index contributed by atoms with van der Waals surface area (Å²) in [6.07, 6.45) is 1.82. The number of carbonyl (C=O) groups excluding carboxylic acids is 1. The smallest absolute Gasteiger partial charge is 0.219 e. The van der Waals surface area contributed by atoms with Crippen molar-refractivity contribution in [3.63, 3.8) is 0 Å². The van der Waals surface area contributed by atoms with E-state index in [0.29, 0.717) is 0 Å². The van der Waals surface area contributed by atoms with E-state index in [2.05, 4.69) is 4.98 Å². The first-order valence-corrected chi connectivity index (χ1v) is 4.43. The molecule has 1 aromatic heterocycles. The topological polar surface area (TPSA) is 82.0 Å². The highest BCUT2D eigenvalue weighted by atomic mass is 16.1. The highest BCUT2D eigenvalue weighted by Gasteiger charge is 2.25. The average Bonchev–Trinajstić information content (AvgIpc) is 2.02. The minimum absolute atomic E-state index is 0.125. The lowest BCUT2D eigenvalue weighted by Gasteiger charge is -2.24. The molecule has 4 N–H and O–H groups in total. The minimum atomic E-state index is -0.732. The third-order valence-electron chi connectivity index (χ3n) is 2.16. The molecule has 0 aromatic carbocycles. The van der Waals surface area contributed by atoms with E-state index in [9.17, 15) is 4.79 Å². The summed E-state index contributed by atoms with van der Waals surface area (Å²) in [6.45, 7) is 3.64. The lowest BCUT2D eigenvalue weighted by atomic mass is 9.88. The number of amides is 1. The van der Waals surface area contributed by atoms with Crippen molar-refractivity contribution in [2.45, 2.75) is 25.8 Å². The maximum Gasteiger partial charge on any atom is 0.219 e. The SMILES string of the molecule is Cc1ncccc1C(C)(N)CC(N)=O. The fraction of sp³-hybridized carbons (Fsp3) is 0.400. The van der Waals surface area contributed by atoms with Crippen LogP contribution >= 0.6 is 0 Å². The van der Waals surface area contributed by atoms with Crippen LogP contribution in [0.15, 0.2) is 18.3 Å². The second-order valence-electron chi connectivity index (χ2n) is 3.70. The van der Waals surface area contributed by atoms with E-state index in [-0.39, 0.29) is 6.42 Å². The number of aromatic nitrogens is 1. The molecule has 1 heterocycles. The Kier molecular flexibility index (Phi) is 2.86. The molecule has 0 fully saturated rings. The zero-order chi connectivity index (χ0) is 10.8. The van der Waals surface area contributed by atoms with Crippen molar-refractivity contribution in [1.82, 2.24) is 4.98 Å². The third-order valence-corrected chi connectivity index (χ3v) is 2.16. The molecule has 0 aliphatic rings. The van der Waals surface area contributed by atoms with Crippen molar-refractivity contribution in [1.29, 1.82) is 0 Å². The van der Waals surface area contributed by atoms with Crippen molar-refractivity contribution >= 4 is 5.91 Å². The van der Waals surface area contributed by atoms with Crippen LogP contribution in [0.25, 0.3) is 0 Å². The van der Waals surface area contributed by atoms with E-state index in [1.54, 1.807) is 19.2 Å². The lowest BCUT2D eigenvalue weighted by molar-refractivity contribution is -0.119. The zero-order valence-electron chi connectivity index (χ0n) is 8.45. The van der Waals surface area contributed by atoms with Crippen LogP contribution in [0.5, 0.6) is 0 Å². The third kappa shape index (κ3) is 2.29. The molecular weight excluding hydrogens is 178 g/mol. The van der Waals surface area contributed by atoms with E-state index in [1.165, 1.54) is 0 Å². The van der Waals surface area contributed by atoms with Gasteiger partial charge in [0.05, 0.1) is 0 Å². The van der Waals surface area contributed by atoms with Gasteiger partial charge in [0.15, 0.2) is 0 Å². The summed E-state index contributed by atoms with van der Waals surface area (Å²) < 4.78 is 0. The van der Waals surface area contributed by atoms with Crippen molar-refractivity contribution in [2.24, 2.45) is 11.5 Å². The van der Waals surface area contributed by atoms with E-state index in [0.717, 1.165) is 11.3 Å². The molecule has 1 atom stereocenters. The van der Waals surface area contributed by atoms with Gasteiger partial charge in [0, 0.05) is 23.9 Å². The molecule has 1 aromatic rings. The maximum atomic E-state index is 10.8. The average molecular weight is 193 g/mol. The molecule has 14 heavy (non-hydrogen) atoms. The molecule has 1 unspecified atom stereocenters. The number of hydrogen-bond donors (Lipinski definition) is 2. The Labute approximate surface area is 83.3 Å². The Morgan fingerprint density at radius 2 is 2.29 bits per heavy atom. The second kappa shape index (κ2) is 3.75. The fourth-order valence-electron chi connectivity index (χ4n) is 1.55. The van der Waals surface area contributed by atoms with E-state index in [4.69, 9.17) is 11.5 Å². The summed E-state index contributed by atoms with van der Waals surface area (Å²) in [4.78, 5) is 14.9. The predicted molar refractivity (Wildman–Crippen MR) is 54.3 cm³/mol. The van der Waals surface area contributed by atoms with E-state index in [1.807, 2.05) is 13.0 Å². The summed E-state index contributed by atoms with van der Waals surface area (Å²) in [5.41, 5.74) is 12.1. The van der Waals surface area contributed by atoms with Crippen molar-refractivity contribution < 1.29 is 4.79 Å². The number of hydrogen-bond acceptors (Lipinski definition) is 3. The van der Waals surface area contributed by atoms with Gasteiger partial charge in [0.2, 0.25) is 5.91 Å². The number of primary amides is 1. The van der Waals surface area contributed by atoms with Gasteiger partial charge in [-0.2, -0.15) is 0 Å². The first kappa shape index (κ1) is 10.7. The summed E-state index contributed by atoms with van der Waals surface area (Å²) in [5.74, 6) is -0.404. The summed E-state index contributed by atoms with van der Waals surface area (Å²) >= 11 is 0. The van der Waals surface area contributed by atoms with Gasteiger partial charge in [-0.15, -0.1) is 0 Å². The van der Waals surface area contributed by atoms with Gasteiger partial charge in [-0.1, -0.05) is 6.07 Å². The molecule has 0 aliphatic heterocycles. The Balaban J connectivity index is 3.03. The van der Waals surface area contributed by atoms with Crippen molar-refractivity contribution in [3.05, 3.63) is 29.6 Å². The second-order valence-corrected chi connectivity index (χ2v) is 3.70. The molecule has 0 saturated carbocycles. The Morgan fingerprint density at radius 3 is 2.79 bits per heavy atom. The molecule has 0 radical (unpaired) electrons. The van der Waals surface area contributed by atoms with Gasteiger partial charge in [-0.3, -0.25) is 9.78 Å². The Bertz CT molecular complexity index is 347.